The Morgan fingerprint density at radius 3 is 2.73 bits per heavy atom. The zero-order valence-electron chi connectivity index (χ0n) is 14.5. The van der Waals surface area contributed by atoms with Crippen molar-refractivity contribution >= 4 is 22.8 Å². The average molecular weight is 359 g/mol. The number of nitrogens with one attached hydrogen (secondary N) is 1. The lowest BCUT2D eigenvalue weighted by atomic mass is 10.0. The van der Waals surface area contributed by atoms with Crippen molar-refractivity contribution in [2.45, 2.75) is 43.9 Å². The molecule has 8 heteroatoms. The van der Waals surface area contributed by atoms with E-state index in [0.29, 0.717) is 28.7 Å². The average Bonchev–Trinajstić information content (AvgIpc) is 3.11. The molecule has 1 aromatic heterocycles. The van der Waals surface area contributed by atoms with Crippen molar-refractivity contribution in [1.29, 1.82) is 0 Å². The van der Waals surface area contributed by atoms with Crippen molar-refractivity contribution in [3.63, 3.8) is 0 Å². The molecule has 2 aliphatic rings. The van der Waals surface area contributed by atoms with Gasteiger partial charge < -0.3 is 19.5 Å². The number of hydrogen-bond donors (Lipinski definition) is 2. The summed E-state index contributed by atoms with van der Waals surface area (Å²) in [5, 5.41) is 16.2. The number of aromatic amines is 1. The second-order valence-electron chi connectivity index (χ2n) is 6.98. The number of ether oxygens (including phenoxy) is 2. The molecule has 2 aliphatic heterocycles. The lowest BCUT2D eigenvalue weighted by molar-refractivity contribution is -0.139. The third kappa shape index (κ3) is 3.01. The number of carboxylic acids is 1. The standard InChI is InChI=1S/C18H21N3O5/c1-21-10-5-6-11(21)8-12(7-10)26-18(24)17-13-3-2-4-14(16(13)19-20-17)25-9-15(22)23/h2-4,10-12H,5-9H2,1H3,(H,19,20)(H,22,23). The molecule has 2 atom stereocenters. The van der Waals surface area contributed by atoms with Crippen LogP contribution < -0.4 is 4.74 Å². The summed E-state index contributed by atoms with van der Waals surface area (Å²) >= 11 is 0. The van der Waals surface area contributed by atoms with Crippen molar-refractivity contribution in [2.24, 2.45) is 0 Å². The minimum atomic E-state index is -1.07. The van der Waals surface area contributed by atoms with Gasteiger partial charge in [-0.05, 0) is 26.0 Å². The van der Waals surface area contributed by atoms with Gasteiger partial charge >= 0.3 is 11.9 Å². The number of aliphatic carboxylic acids is 1. The molecule has 0 spiro atoms. The number of carbonyl (C=O) groups is 2. The molecule has 138 valence electrons. The fraction of sp³-hybridized carbons (Fsp3) is 0.500. The van der Waals surface area contributed by atoms with E-state index in [9.17, 15) is 9.59 Å². The molecule has 2 unspecified atom stereocenters. The summed E-state index contributed by atoms with van der Waals surface area (Å²) in [5.74, 6) is -1.19. The number of H-pyrrole nitrogens is 1. The van der Waals surface area contributed by atoms with E-state index in [1.165, 1.54) is 0 Å². The number of para-hydroxylation sites is 1. The maximum absolute atomic E-state index is 12.6. The van der Waals surface area contributed by atoms with Gasteiger partial charge in [-0.3, -0.25) is 5.10 Å². The summed E-state index contributed by atoms with van der Waals surface area (Å²) in [7, 11) is 2.14. The van der Waals surface area contributed by atoms with E-state index in [-0.39, 0.29) is 11.8 Å². The zero-order valence-corrected chi connectivity index (χ0v) is 14.5. The van der Waals surface area contributed by atoms with Gasteiger partial charge in [0, 0.05) is 30.3 Å². The van der Waals surface area contributed by atoms with Crippen molar-refractivity contribution in [2.75, 3.05) is 13.7 Å². The molecular weight excluding hydrogens is 338 g/mol. The van der Waals surface area contributed by atoms with Crippen LogP contribution in [0.5, 0.6) is 5.75 Å². The lowest BCUT2D eigenvalue weighted by Crippen LogP contribution is -2.43. The lowest BCUT2D eigenvalue weighted by Gasteiger charge is -2.35. The number of hydrogen-bond acceptors (Lipinski definition) is 6. The third-order valence-electron chi connectivity index (χ3n) is 5.43. The Hall–Kier alpha value is -2.61. The van der Waals surface area contributed by atoms with Gasteiger partial charge in [-0.2, -0.15) is 5.10 Å². The van der Waals surface area contributed by atoms with Crippen LogP contribution in [0.15, 0.2) is 18.2 Å². The van der Waals surface area contributed by atoms with Crippen LogP contribution in [0.3, 0.4) is 0 Å². The molecule has 2 bridgehead atoms. The maximum atomic E-state index is 12.6. The van der Waals surface area contributed by atoms with Crippen LogP contribution in [0.25, 0.3) is 10.9 Å². The monoisotopic (exact) mass is 359 g/mol. The predicted molar refractivity (Wildman–Crippen MR) is 92.2 cm³/mol. The van der Waals surface area contributed by atoms with Gasteiger partial charge in [0.25, 0.3) is 0 Å². The summed E-state index contributed by atoms with van der Waals surface area (Å²) in [6.45, 7) is -0.468. The Balaban J connectivity index is 1.51. The Bertz CT molecular complexity index is 834. The van der Waals surface area contributed by atoms with Gasteiger partial charge in [0.15, 0.2) is 12.3 Å². The van der Waals surface area contributed by atoms with E-state index >= 15 is 0 Å². The van der Waals surface area contributed by atoms with Crippen molar-refractivity contribution < 1.29 is 24.2 Å². The minimum Gasteiger partial charge on any atom is -0.480 e. The number of rotatable bonds is 5. The highest BCUT2D eigenvalue weighted by Crippen LogP contribution is 2.36. The van der Waals surface area contributed by atoms with Gasteiger partial charge in [-0.15, -0.1) is 0 Å². The van der Waals surface area contributed by atoms with E-state index in [4.69, 9.17) is 14.6 Å². The fourth-order valence-corrected chi connectivity index (χ4v) is 4.09. The van der Waals surface area contributed by atoms with Crippen LogP contribution in [0.2, 0.25) is 0 Å². The first-order valence-corrected chi connectivity index (χ1v) is 8.77. The summed E-state index contributed by atoms with van der Waals surface area (Å²) in [5.41, 5.74) is 0.691. The molecule has 2 saturated heterocycles. The number of aromatic nitrogens is 2. The first-order chi connectivity index (χ1) is 12.5. The van der Waals surface area contributed by atoms with Crippen LogP contribution in [0.1, 0.15) is 36.2 Å². The van der Waals surface area contributed by atoms with Gasteiger partial charge in [-0.25, -0.2) is 9.59 Å². The van der Waals surface area contributed by atoms with E-state index in [2.05, 4.69) is 22.1 Å². The topological polar surface area (TPSA) is 105 Å². The highest BCUT2D eigenvalue weighted by molar-refractivity contribution is 6.03. The molecule has 0 radical (unpaired) electrons. The Morgan fingerprint density at radius 1 is 1.31 bits per heavy atom. The molecule has 0 amide bonds. The number of fused-ring (bicyclic) bond motifs is 3. The van der Waals surface area contributed by atoms with Gasteiger partial charge in [0.05, 0.1) is 0 Å². The first kappa shape index (κ1) is 16.8. The molecule has 26 heavy (non-hydrogen) atoms. The first-order valence-electron chi connectivity index (χ1n) is 8.77. The number of carboxylic acid groups (broad SMARTS) is 1. The number of piperidine rings is 1. The number of nitrogens with zero attached hydrogens (tertiary/aromatic N) is 2. The summed E-state index contributed by atoms with van der Waals surface area (Å²) in [6, 6.07) is 6.03. The molecule has 2 aromatic rings. The van der Waals surface area contributed by atoms with Crippen molar-refractivity contribution in [3.8, 4) is 5.75 Å². The SMILES string of the molecule is CN1C2CCC1CC(OC(=O)c1[nH]nc3c(OCC(=O)O)cccc13)C2. The molecule has 2 fully saturated rings. The number of benzene rings is 1. The van der Waals surface area contributed by atoms with Crippen LogP contribution in [-0.2, 0) is 9.53 Å². The molecule has 0 aliphatic carbocycles. The van der Waals surface area contributed by atoms with E-state index in [0.717, 1.165) is 25.7 Å². The van der Waals surface area contributed by atoms with E-state index in [1.807, 2.05) is 0 Å². The van der Waals surface area contributed by atoms with Gasteiger partial charge in [0.2, 0.25) is 0 Å². The third-order valence-corrected chi connectivity index (χ3v) is 5.43. The second kappa shape index (κ2) is 6.60. The largest absolute Gasteiger partial charge is 0.480 e. The zero-order chi connectivity index (χ0) is 18.3. The van der Waals surface area contributed by atoms with Gasteiger partial charge in [-0.1, -0.05) is 12.1 Å². The highest BCUT2D eigenvalue weighted by atomic mass is 16.5. The molecule has 1 aromatic carbocycles. The molecule has 3 heterocycles. The normalized spacial score (nSPS) is 25.3. The Kier molecular flexibility index (Phi) is 4.28. The van der Waals surface area contributed by atoms with Crippen LogP contribution >= 0.6 is 0 Å². The summed E-state index contributed by atoms with van der Waals surface area (Å²) in [4.78, 5) is 25.7. The van der Waals surface area contributed by atoms with E-state index < -0.39 is 18.5 Å². The molecule has 8 nitrogen and oxygen atoms in total. The maximum Gasteiger partial charge on any atom is 0.357 e. The van der Waals surface area contributed by atoms with E-state index in [1.54, 1.807) is 18.2 Å². The fourth-order valence-electron chi connectivity index (χ4n) is 4.09. The number of esters is 1. The molecule has 4 rings (SSSR count). The van der Waals surface area contributed by atoms with Crippen molar-refractivity contribution in [1.82, 2.24) is 15.1 Å². The van der Waals surface area contributed by atoms with Crippen LogP contribution in [0, 0.1) is 0 Å². The summed E-state index contributed by atoms with van der Waals surface area (Å²) in [6.07, 6.45) is 3.95. The van der Waals surface area contributed by atoms with Crippen LogP contribution in [0.4, 0.5) is 0 Å². The Labute approximate surface area is 150 Å². The molecular formula is C18H21N3O5. The smallest absolute Gasteiger partial charge is 0.357 e. The Morgan fingerprint density at radius 2 is 2.04 bits per heavy atom. The quantitative estimate of drug-likeness (QED) is 0.785. The minimum absolute atomic E-state index is 0.0824. The second-order valence-corrected chi connectivity index (χ2v) is 6.98. The molecule has 0 saturated carbocycles. The van der Waals surface area contributed by atoms with Crippen LogP contribution in [-0.4, -0.2) is 64.0 Å². The predicted octanol–water partition coefficient (Wildman–Crippen LogP) is 1.81. The summed E-state index contributed by atoms with van der Waals surface area (Å²) < 4.78 is 11.0. The van der Waals surface area contributed by atoms with Gasteiger partial charge in [0.1, 0.15) is 17.4 Å². The highest BCUT2D eigenvalue weighted by Gasteiger charge is 2.40. The number of carbonyl (C=O) groups excluding carboxylic acids is 1. The molecule has 2 N–H and O–H groups in total. The van der Waals surface area contributed by atoms with Crippen molar-refractivity contribution in [3.05, 3.63) is 23.9 Å².